The molecule has 3 rings (SSSR count). The Morgan fingerprint density at radius 3 is 2.20 bits per heavy atom. The summed E-state index contributed by atoms with van der Waals surface area (Å²) in [4.78, 5) is 28.6. The molecule has 35 heavy (non-hydrogen) atoms. The fourth-order valence-electron chi connectivity index (χ4n) is 4.58. The van der Waals surface area contributed by atoms with Gasteiger partial charge in [-0.3, -0.25) is 14.3 Å². The standard InChI is InChI=1S/C26H34N2O6S/c1-26(2,25(30)19-9-11-20(12-10-19)27-35(5,31)32)17-28-15-13-18(14-16-28)23(29)21-7-6-8-22(33-3)24(21)34-4/h6-12,18,27H,13-17H2,1-5H3. The van der Waals surface area contributed by atoms with Crippen LogP contribution in [0.2, 0.25) is 0 Å². The molecule has 0 unspecified atom stereocenters. The third kappa shape index (κ3) is 6.61. The molecule has 190 valence electrons. The highest BCUT2D eigenvalue weighted by Crippen LogP contribution is 2.34. The topological polar surface area (TPSA) is 102 Å². The quantitative estimate of drug-likeness (QED) is 0.492. The van der Waals surface area contributed by atoms with Crippen molar-refractivity contribution in [3.05, 3.63) is 53.6 Å². The van der Waals surface area contributed by atoms with Crippen molar-refractivity contribution in [2.45, 2.75) is 26.7 Å². The highest BCUT2D eigenvalue weighted by atomic mass is 32.2. The van der Waals surface area contributed by atoms with Gasteiger partial charge in [0.05, 0.1) is 26.0 Å². The number of nitrogens with zero attached hydrogens (tertiary/aromatic N) is 1. The summed E-state index contributed by atoms with van der Waals surface area (Å²) in [6.45, 7) is 5.83. The van der Waals surface area contributed by atoms with Crippen LogP contribution in [0.1, 0.15) is 47.4 Å². The predicted molar refractivity (Wildman–Crippen MR) is 136 cm³/mol. The van der Waals surface area contributed by atoms with Crippen molar-refractivity contribution < 1.29 is 27.5 Å². The van der Waals surface area contributed by atoms with Gasteiger partial charge in [0, 0.05) is 29.1 Å². The Hall–Kier alpha value is -2.91. The lowest BCUT2D eigenvalue weighted by Crippen LogP contribution is -2.44. The molecule has 1 saturated heterocycles. The second kappa shape index (κ2) is 10.8. The molecule has 1 fully saturated rings. The number of hydrogen-bond donors (Lipinski definition) is 1. The molecule has 0 amide bonds. The summed E-state index contributed by atoms with van der Waals surface area (Å²) >= 11 is 0. The summed E-state index contributed by atoms with van der Waals surface area (Å²) < 4.78 is 35.9. The second-order valence-corrected chi connectivity index (χ2v) is 11.4. The predicted octanol–water partition coefficient (Wildman–Crippen LogP) is 3.88. The average Bonchev–Trinajstić information content (AvgIpc) is 2.82. The highest BCUT2D eigenvalue weighted by Gasteiger charge is 2.34. The van der Waals surface area contributed by atoms with Crippen molar-refractivity contribution in [1.82, 2.24) is 4.90 Å². The molecule has 0 spiro atoms. The number of ketones is 2. The number of piperidine rings is 1. The third-order valence-electron chi connectivity index (χ3n) is 6.31. The first-order valence-corrected chi connectivity index (χ1v) is 13.4. The van der Waals surface area contributed by atoms with E-state index in [1.165, 1.54) is 7.11 Å². The van der Waals surface area contributed by atoms with Gasteiger partial charge in [-0.1, -0.05) is 19.9 Å². The third-order valence-corrected chi connectivity index (χ3v) is 6.92. The molecule has 0 aliphatic carbocycles. The average molecular weight is 503 g/mol. The van der Waals surface area contributed by atoms with Crippen molar-refractivity contribution in [2.24, 2.45) is 11.3 Å². The highest BCUT2D eigenvalue weighted by molar-refractivity contribution is 7.92. The van der Waals surface area contributed by atoms with Gasteiger partial charge in [0.25, 0.3) is 0 Å². The van der Waals surface area contributed by atoms with E-state index < -0.39 is 15.4 Å². The van der Waals surface area contributed by atoms with Crippen LogP contribution in [0.15, 0.2) is 42.5 Å². The number of benzene rings is 2. The second-order valence-electron chi connectivity index (χ2n) is 9.62. The smallest absolute Gasteiger partial charge is 0.229 e. The van der Waals surface area contributed by atoms with Gasteiger partial charge in [-0.25, -0.2) is 8.42 Å². The SMILES string of the molecule is COc1cccc(C(=O)C2CCN(CC(C)(C)C(=O)c3ccc(NS(C)(=O)=O)cc3)CC2)c1OC. The molecule has 0 atom stereocenters. The molecular formula is C26H34N2O6S. The van der Waals surface area contributed by atoms with Gasteiger partial charge < -0.3 is 14.4 Å². The molecule has 2 aromatic carbocycles. The van der Waals surface area contributed by atoms with E-state index in [1.54, 1.807) is 49.6 Å². The first-order valence-electron chi connectivity index (χ1n) is 11.6. The van der Waals surface area contributed by atoms with Crippen molar-refractivity contribution in [3.63, 3.8) is 0 Å². The van der Waals surface area contributed by atoms with Crippen molar-refractivity contribution >= 4 is 27.3 Å². The van der Waals surface area contributed by atoms with Crippen molar-refractivity contribution in [1.29, 1.82) is 0 Å². The minimum atomic E-state index is -3.37. The zero-order chi connectivity index (χ0) is 25.8. The van der Waals surface area contributed by atoms with Crippen LogP contribution in [0.3, 0.4) is 0 Å². The number of carbonyl (C=O) groups excluding carboxylic acids is 2. The Balaban J connectivity index is 1.61. The lowest BCUT2D eigenvalue weighted by Gasteiger charge is -2.36. The summed E-state index contributed by atoms with van der Waals surface area (Å²) in [7, 11) is -0.289. The van der Waals surface area contributed by atoms with E-state index in [1.807, 2.05) is 13.8 Å². The molecule has 2 aromatic rings. The van der Waals surface area contributed by atoms with Gasteiger partial charge in [0.1, 0.15) is 0 Å². The summed E-state index contributed by atoms with van der Waals surface area (Å²) in [6, 6.07) is 11.8. The molecule has 0 radical (unpaired) electrons. The molecule has 9 heteroatoms. The number of methoxy groups -OCH3 is 2. The lowest BCUT2D eigenvalue weighted by atomic mass is 9.82. The fourth-order valence-corrected chi connectivity index (χ4v) is 5.14. The molecule has 0 aromatic heterocycles. The lowest BCUT2D eigenvalue weighted by molar-refractivity contribution is 0.0676. The first kappa shape index (κ1) is 26.7. The van der Waals surface area contributed by atoms with Crippen molar-refractivity contribution in [3.8, 4) is 11.5 Å². The summed E-state index contributed by atoms with van der Waals surface area (Å²) in [5.74, 6) is 0.935. The number of likely N-dealkylation sites (tertiary alicyclic amines) is 1. The zero-order valence-corrected chi connectivity index (χ0v) is 21.8. The van der Waals surface area contributed by atoms with Gasteiger partial charge in [0.2, 0.25) is 10.0 Å². The molecule has 0 saturated carbocycles. The number of carbonyl (C=O) groups is 2. The number of Topliss-reactive ketones (excluding diaryl/α,β-unsaturated/α-hetero) is 2. The zero-order valence-electron chi connectivity index (χ0n) is 21.0. The maximum atomic E-state index is 13.2. The number of sulfonamides is 1. The van der Waals surface area contributed by atoms with Gasteiger partial charge in [-0.15, -0.1) is 0 Å². The molecular weight excluding hydrogens is 468 g/mol. The van der Waals surface area contributed by atoms with E-state index in [9.17, 15) is 18.0 Å². The van der Waals surface area contributed by atoms with Crippen LogP contribution in [0.25, 0.3) is 0 Å². The Morgan fingerprint density at radius 2 is 1.66 bits per heavy atom. The van der Waals surface area contributed by atoms with Crippen LogP contribution in [0, 0.1) is 11.3 Å². The van der Waals surface area contributed by atoms with E-state index >= 15 is 0 Å². The van der Waals surface area contributed by atoms with Crippen LogP contribution < -0.4 is 14.2 Å². The minimum Gasteiger partial charge on any atom is -0.493 e. The number of ether oxygens (including phenoxy) is 2. The molecule has 1 heterocycles. The van der Waals surface area contributed by atoms with Crippen LogP contribution in [-0.2, 0) is 10.0 Å². The Labute approximate surface area is 207 Å². The van der Waals surface area contributed by atoms with Gasteiger partial charge in [-0.2, -0.15) is 0 Å². The van der Waals surface area contributed by atoms with Crippen LogP contribution in [0.5, 0.6) is 11.5 Å². The molecule has 8 nitrogen and oxygen atoms in total. The molecule has 1 aliphatic rings. The monoisotopic (exact) mass is 502 g/mol. The van der Waals surface area contributed by atoms with E-state index in [4.69, 9.17) is 9.47 Å². The maximum Gasteiger partial charge on any atom is 0.229 e. The van der Waals surface area contributed by atoms with Crippen LogP contribution in [0.4, 0.5) is 5.69 Å². The van der Waals surface area contributed by atoms with Gasteiger partial charge >= 0.3 is 0 Å². The van der Waals surface area contributed by atoms with Crippen LogP contribution >= 0.6 is 0 Å². The number of para-hydroxylation sites is 1. The Morgan fingerprint density at radius 1 is 1.03 bits per heavy atom. The number of rotatable bonds is 10. The first-order chi connectivity index (χ1) is 16.4. The Kier molecular flexibility index (Phi) is 8.22. The van der Waals surface area contributed by atoms with E-state index in [2.05, 4.69) is 9.62 Å². The molecule has 1 aliphatic heterocycles. The summed E-state index contributed by atoms with van der Waals surface area (Å²) in [5.41, 5.74) is 0.846. The normalized spacial score (nSPS) is 15.5. The number of anilines is 1. The largest absolute Gasteiger partial charge is 0.493 e. The molecule has 0 bridgehead atoms. The summed E-state index contributed by atoms with van der Waals surface area (Å²) in [5, 5.41) is 0. The number of hydrogen-bond acceptors (Lipinski definition) is 7. The molecule has 1 N–H and O–H groups in total. The van der Waals surface area contributed by atoms with Gasteiger partial charge in [0.15, 0.2) is 23.1 Å². The maximum absolute atomic E-state index is 13.2. The van der Waals surface area contributed by atoms with E-state index in [0.29, 0.717) is 47.7 Å². The van der Waals surface area contributed by atoms with Gasteiger partial charge in [-0.05, 0) is 62.3 Å². The van der Waals surface area contributed by atoms with E-state index in [0.717, 1.165) is 19.3 Å². The Bertz CT molecular complexity index is 1170. The van der Waals surface area contributed by atoms with Crippen molar-refractivity contribution in [2.75, 3.05) is 44.8 Å². The summed E-state index contributed by atoms with van der Waals surface area (Å²) in [6.07, 6.45) is 2.49. The minimum absolute atomic E-state index is 0.0114. The van der Waals surface area contributed by atoms with Crippen LogP contribution in [-0.4, -0.2) is 65.0 Å². The number of nitrogens with one attached hydrogen (secondary N) is 1. The fraction of sp³-hybridized carbons (Fsp3) is 0.462. The van der Waals surface area contributed by atoms with E-state index in [-0.39, 0.29) is 17.5 Å².